The number of piperidine rings is 1. The van der Waals surface area contributed by atoms with Gasteiger partial charge in [0.1, 0.15) is 5.82 Å². The normalized spacial score (nSPS) is 17.3. The van der Waals surface area contributed by atoms with E-state index in [1.54, 1.807) is 33.5 Å². The molecule has 1 aliphatic heterocycles. The first-order valence-corrected chi connectivity index (χ1v) is 15.6. The van der Waals surface area contributed by atoms with Crippen molar-refractivity contribution in [3.8, 4) is 28.4 Å². The molecule has 0 spiro atoms. The monoisotopic (exact) mass is 625 g/mol. The summed E-state index contributed by atoms with van der Waals surface area (Å²) in [6, 6.07) is 14.2. The van der Waals surface area contributed by atoms with E-state index in [4.69, 9.17) is 19.2 Å². The third-order valence-electron chi connectivity index (χ3n) is 8.89. The SMILES string of the molecule is COc1cc2c(c(OC)c1OC)-c1ccc(NCC(=O)N3CCCCC3c3nc4ccccc4[nH]3)c(=O)cc1C(NC(C)=O)CC2. The van der Waals surface area contributed by atoms with Crippen molar-refractivity contribution in [2.75, 3.05) is 39.7 Å². The van der Waals surface area contributed by atoms with Crippen molar-refractivity contribution in [2.45, 2.75) is 51.1 Å². The Morgan fingerprint density at radius 3 is 2.54 bits per heavy atom. The number of amides is 2. The molecule has 240 valence electrons. The molecule has 0 saturated carbocycles. The molecule has 46 heavy (non-hydrogen) atoms. The van der Waals surface area contributed by atoms with Gasteiger partial charge in [-0.2, -0.15) is 0 Å². The number of hydrogen-bond acceptors (Lipinski definition) is 8. The van der Waals surface area contributed by atoms with Gasteiger partial charge in [0.2, 0.25) is 23.0 Å². The highest BCUT2D eigenvalue weighted by Crippen LogP contribution is 2.50. The van der Waals surface area contributed by atoms with Crippen molar-refractivity contribution in [2.24, 2.45) is 0 Å². The van der Waals surface area contributed by atoms with Gasteiger partial charge < -0.3 is 34.7 Å². The van der Waals surface area contributed by atoms with Gasteiger partial charge in [-0.3, -0.25) is 14.4 Å². The maximum atomic E-state index is 13.7. The molecule has 11 heteroatoms. The van der Waals surface area contributed by atoms with Crippen LogP contribution in [0.5, 0.6) is 17.2 Å². The highest BCUT2D eigenvalue weighted by molar-refractivity contribution is 5.85. The second kappa shape index (κ2) is 13.1. The molecule has 3 aromatic carbocycles. The second-order valence-electron chi connectivity index (χ2n) is 11.7. The Morgan fingerprint density at radius 2 is 1.80 bits per heavy atom. The molecule has 1 aliphatic carbocycles. The zero-order chi connectivity index (χ0) is 32.4. The Bertz CT molecular complexity index is 1820. The Hall–Kier alpha value is -5.06. The molecule has 2 heterocycles. The number of rotatable bonds is 8. The van der Waals surface area contributed by atoms with E-state index in [1.165, 1.54) is 6.92 Å². The number of fused-ring (bicyclic) bond motifs is 4. The Morgan fingerprint density at radius 1 is 1.00 bits per heavy atom. The molecule has 2 atom stereocenters. The lowest BCUT2D eigenvalue weighted by Gasteiger charge is -2.34. The topological polar surface area (TPSA) is 135 Å². The molecule has 4 aromatic rings. The summed E-state index contributed by atoms with van der Waals surface area (Å²) < 4.78 is 17.1. The van der Waals surface area contributed by atoms with Gasteiger partial charge in [0.25, 0.3) is 0 Å². The summed E-state index contributed by atoms with van der Waals surface area (Å²) in [4.78, 5) is 49.6. The number of ether oxygens (including phenoxy) is 3. The van der Waals surface area contributed by atoms with Crippen molar-refractivity contribution < 1.29 is 23.8 Å². The Labute approximate surface area is 267 Å². The number of aromatic nitrogens is 2. The molecule has 2 aliphatic rings. The summed E-state index contributed by atoms with van der Waals surface area (Å²) in [6.45, 7) is 2.02. The van der Waals surface area contributed by atoms with Crippen LogP contribution in [0.15, 0.2) is 53.3 Å². The van der Waals surface area contributed by atoms with Crippen molar-refractivity contribution in [1.82, 2.24) is 20.2 Å². The number of aromatic amines is 1. The van der Waals surface area contributed by atoms with Crippen LogP contribution in [0.2, 0.25) is 0 Å². The van der Waals surface area contributed by atoms with Crippen LogP contribution >= 0.6 is 0 Å². The summed E-state index contributed by atoms with van der Waals surface area (Å²) in [5.41, 5.74) is 4.88. The molecule has 1 aromatic heterocycles. The Balaban J connectivity index is 1.34. The zero-order valence-corrected chi connectivity index (χ0v) is 26.6. The summed E-state index contributed by atoms with van der Waals surface area (Å²) in [7, 11) is 4.68. The molecule has 0 bridgehead atoms. The highest BCUT2D eigenvalue weighted by Gasteiger charge is 2.31. The fourth-order valence-corrected chi connectivity index (χ4v) is 6.77. The third-order valence-corrected chi connectivity index (χ3v) is 8.89. The van der Waals surface area contributed by atoms with E-state index in [0.29, 0.717) is 42.2 Å². The highest BCUT2D eigenvalue weighted by atomic mass is 16.5. The average molecular weight is 626 g/mol. The number of para-hydroxylation sites is 2. The minimum atomic E-state index is -0.422. The van der Waals surface area contributed by atoms with E-state index in [9.17, 15) is 14.4 Å². The first kappa shape index (κ1) is 30.9. The van der Waals surface area contributed by atoms with Crippen LogP contribution in [0.1, 0.15) is 61.6 Å². The number of H-pyrrole nitrogens is 1. The van der Waals surface area contributed by atoms with E-state index >= 15 is 0 Å². The number of imidazole rings is 1. The molecular weight excluding hydrogens is 586 g/mol. The van der Waals surface area contributed by atoms with Crippen molar-refractivity contribution in [1.29, 1.82) is 0 Å². The predicted molar refractivity (Wildman–Crippen MR) is 176 cm³/mol. The van der Waals surface area contributed by atoms with Gasteiger partial charge in [0.15, 0.2) is 11.5 Å². The number of methoxy groups -OCH3 is 3. The lowest BCUT2D eigenvalue weighted by Crippen LogP contribution is -2.42. The first-order valence-electron chi connectivity index (χ1n) is 15.6. The van der Waals surface area contributed by atoms with E-state index in [0.717, 1.165) is 52.8 Å². The molecule has 2 amide bonds. The third kappa shape index (κ3) is 5.84. The number of hydrogen-bond donors (Lipinski definition) is 3. The van der Waals surface area contributed by atoms with E-state index in [-0.39, 0.29) is 35.5 Å². The number of carbonyl (C=O) groups excluding carboxylic acids is 2. The number of carbonyl (C=O) groups is 2. The van der Waals surface area contributed by atoms with Gasteiger partial charge in [-0.1, -0.05) is 18.2 Å². The summed E-state index contributed by atoms with van der Waals surface area (Å²) >= 11 is 0. The van der Waals surface area contributed by atoms with E-state index in [2.05, 4.69) is 15.6 Å². The summed E-state index contributed by atoms with van der Waals surface area (Å²) in [6.07, 6.45) is 3.88. The quantitative estimate of drug-likeness (QED) is 0.252. The molecular formula is C35H39N5O6. The number of likely N-dealkylation sites (tertiary alicyclic amines) is 1. The lowest BCUT2D eigenvalue weighted by molar-refractivity contribution is -0.133. The average Bonchev–Trinajstić information content (AvgIpc) is 3.37. The fraction of sp³-hybridized carbons (Fsp3) is 0.371. The van der Waals surface area contributed by atoms with Crippen LogP contribution in [-0.2, 0) is 16.0 Å². The summed E-state index contributed by atoms with van der Waals surface area (Å²) in [5, 5.41) is 6.14. The van der Waals surface area contributed by atoms with Gasteiger partial charge >= 0.3 is 0 Å². The molecule has 1 fully saturated rings. The molecule has 6 rings (SSSR count). The van der Waals surface area contributed by atoms with Crippen LogP contribution in [0.3, 0.4) is 0 Å². The number of benzene rings is 2. The predicted octanol–water partition coefficient (Wildman–Crippen LogP) is 4.91. The molecule has 1 saturated heterocycles. The smallest absolute Gasteiger partial charge is 0.242 e. The van der Waals surface area contributed by atoms with Crippen molar-refractivity contribution >= 4 is 28.5 Å². The largest absolute Gasteiger partial charge is 0.493 e. The number of aryl methyl sites for hydroxylation is 1. The fourth-order valence-electron chi connectivity index (χ4n) is 6.77. The van der Waals surface area contributed by atoms with Gasteiger partial charge in [0, 0.05) is 19.0 Å². The van der Waals surface area contributed by atoms with Crippen LogP contribution in [0.4, 0.5) is 5.69 Å². The first-order chi connectivity index (χ1) is 22.3. The number of nitrogens with zero attached hydrogens (tertiary/aromatic N) is 2. The van der Waals surface area contributed by atoms with Crippen LogP contribution in [0, 0.1) is 0 Å². The minimum Gasteiger partial charge on any atom is -0.493 e. The van der Waals surface area contributed by atoms with Crippen LogP contribution in [-0.4, -0.2) is 61.1 Å². The molecule has 11 nitrogen and oxygen atoms in total. The van der Waals surface area contributed by atoms with Gasteiger partial charge in [-0.25, -0.2) is 4.98 Å². The minimum absolute atomic E-state index is 0.0549. The van der Waals surface area contributed by atoms with Crippen molar-refractivity contribution in [3.05, 3.63) is 75.7 Å². The second-order valence-corrected chi connectivity index (χ2v) is 11.7. The molecule has 2 unspecified atom stereocenters. The standard InChI is InChI=1S/C35H39N5O6/c1-20(41)37-24-14-12-21-17-30(44-2)33(45-3)34(46-4)32(21)22-13-15-27(29(42)18-23(22)24)36-19-31(43)40-16-8-7-11-28(40)35-38-25-9-5-6-10-26(25)39-35/h5-6,9-10,13,15,17-18,24,28H,7-8,11-12,14,16,19H2,1-4H3,(H,36,42)(H,37,41)(H,38,39). The number of nitrogens with one attached hydrogen (secondary N) is 3. The maximum Gasteiger partial charge on any atom is 0.242 e. The molecule has 3 N–H and O–H groups in total. The van der Waals surface area contributed by atoms with Crippen LogP contribution in [0.25, 0.3) is 22.2 Å². The summed E-state index contributed by atoms with van der Waals surface area (Å²) in [5.74, 6) is 1.90. The lowest BCUT2D eigenvalue weighted by atomic mass is 9.95. The van der Waals surface area contributed by atoms with E-state index in [1.807, 2.05) is 41.3 Å². The van der Waals surface area contributed by atoms with Gasteiger partial charge in [-0.15, -0.1) is 0 Å². The van der Waals surface area contributed by atoms with Gasteiger partial charge in [-0.05, 0) is 79.1 Å². The van der Waals surface area contributed by atoms with Crippen molar-refractivity contribution in [3.63, 3.8) is 0 Å². The van der Waals surface area contributed by atoms with Crippen LogP contribution < -0.4 is 30.3 Å². The maximum absolute atomic E-state index is 13.7. The molecule has 0 radical (unpaired) electrons. The van der Waals surface area contributed by atoms with E-state index < -0.39 is 6.04 Å². The number of anilines is 1. The zero-order valence-electron chi connectivity index (χ0n) is 26.6. The Kier molecular flexibility index (Phi) is 8.83. The van der Waals surface area contributed by atoms with Gasteiger partial charge in [0.05, 0.1) is 56.7 Å².